The second-order valence-corrected chi connectivity index (χ2v) is 6.66. The number of rotatable bonds is 6. The Labute approximate surface area is 112 Å². The molecule has 0 saturated carbocycles. The monoisotopic (exact) mass is 269 g/mol. The van der Waals surface area contributed by atoms with Crippen LogP contribution in [0.5, 0.6) is 5.75 Å². The predicted octanol–water partition coefficient (Wildman–Crippen LogP) is 2.76. The molecule has 2 N–H and O–H groups in total. The molecule has 0 aliphatic carbocycles. The van der Waals surface area contributed by atoms with Gasteiger partial charge >= 0.3 is 0 Å². The first kappa shape index (κ1) is 15.2. The number of hydrogen-bond donors (Lipinski definition) is 1. The van der Waals surface area contributed by atoms with E-state index < -0.39 is 10.8 Å². The van der Waals surface area contributed by atoms with Gasteiger partial charge in [-0.15, -0.1) is 0 Å². The van der Waals surface area contributed by atoms with Gasteiger partial charge < -0.3 is 10.5 Å². The van der Waals surface area contributed by atoms with Crippen LogP contribution in [-0.2, 0) is 16.6 Å². The molecule has 4 heteroatoms. The van der Waals surface area contributed by atoms with Gasteiger partial charge in [-0.3, -0.25) is 4.21 Å². The Morgan fingerprint density at radius 1 is 1.33 bits per heavy atom. The van der Waals surface area contributed by atoms with Gasteiger partial charge in [0.25, 0.3) is 0 Å². The third kappa shape index (κ3) is 4.10. The largest absolute Gasteiger partial charge is 0.494 e. The average Bonchev–Trinajstić information content (AvgIpc) is 2.31. The fraction of sp³-hybridized carbons (Fsp3) is 0.571. The molecule has 1 aromatic rings. The minimum absolute atomic E-state index is 0.0214. The molecule has 3 nitrogen and oxygen atoms in total. The van der Waals surface area contributed by atoms with Gasteiger partial charge in [0, 0.05) is 27.7 Å². The van der Waals surface area contributed by atoms with Gasteiger partial charge in [-0.05, 0) is 31.5 Å². The van der Waals surface area contributed by atoms with Crippen molar-refractivity contribution in [1.82, 2.24) is 0 Å². The maximum atomic E-state index is 12.0. The normalized spacial score (nSPS) is 14.6. The molecule has 1 aromatic carbocycles. The van der Waals surface area contributed by atoms with Crippen LogP contribution in [0.2, 0.25) is 0 Å². The van der Waals surface area contributed by atoms with Crippen molar-refractivity contribution in [3.05, 3.63) is 29.3 Å². The molecular weight excluding hydrogens is 246 g/mol. The topological polar surface area (TPSA) is 52.3 Å². The molecule has 0 fully saturated rings. The van der Waals surface area contributed by atoms with E-state index in [2.05, 4.69) is 0 Å². The van der Waals surface area contributed by atoms with E-state index in [1.807, 2.05) is 45.9 Å². The molecule has 2 unspecified atom stereocenters. The summed E-state index contributed by atoms with van der Waals surface area (Å²) in [5.74, 6) is 1.34. The fourth-order valence-electron chi connectivity index (χ4n) is 1.61. The first-order valence-electron chi connectivity index (χ1n) is 6.34. The second kappa shape index (κ2) is 6.90. The zero-order valence-electron chi connectivity index (χ0n) is 11.6. The average molecular weight is 269 g/mol. The lowest BCUT2D eigenvalue weighted by Crippen LogP contribution is -2.11. The van der Waals surface area contributed by atoms with E-state index in [0.29, 0.717) is 12.4 Å². The number of ether oxygens (including phenoxy) is 1. The fourth-order valence-corrected chi connectivity index (χ4v) is 2.48. The summed E-state index contributed by atoms with van der Waals surface area (Å²) in [5, 5.41) is 0.151. The van der Waals surface area contributed by atoms with Crippen molar-refractivity contribution in [1.29, 1.82) is 0 Å². The highest BCUT2D eigenvalue weighted by molar-refractivity contribution is 7.84. The first-order chi connectivity index (χ1) is 8.45. The van der Waals surface area contributed by atoms with E-state index in [1.54, 1.807) is 0 Å². The van der Waals surface area contributed by atoms with E-state index in [0.717, 1.165) is 16.9 Å². The summed E-state index contributed by atoms with van der Waals surface area (Å²) in [6, 6.07) is 5.88. The van der Waals surface area contributed by atoms with Crippen LogP contribution in [0.3, 0.4) is 0 Å². The van der Waals surface area contributed by atoms with Crippen molar-refractivity contribution in [3.63, 3.8) is 0 Å². The summed E-state index contributed by atoms with van der Waals surface area (Å²) in [7, 11) is -0.879. The number of hydrogen-bond acceptors (Lipinski definition) is 3. The summed E-state index contributed by atoms with van der Waals surface area (Å²) in [5.41, 5.74) is 7.92. The van der Waals surface area contributed by atoms with Crippen LogP contribution in [0, 0.1) is 0 Å². The van der Waals surface area contributed by atoms with Crippen molar-refractivity contribution >= 4 is 10.8 Å². The molecule has 0 aliphatic rings. The molecule has 0 aliphatic heterocycles. The molecule has 0 heterocycles. The van der Waals surface area contributed by atoms with Crippen molar-refractivity contribution in [2.24, 2.45) is 5.73 Å². The van der Waals surface area contributed by atoms with E-state index in [4.69, 9.17) is 10.5 Å². The van der Waals surface area contributed by atoms with Gasteiger partial charge in [0.15, 0.2) is 0 Å². The molecule has 0 radical (unpaired) electrons. The number of nitrogens with two attached hydrogens (primary N) is 1. The first-order valence-corrected chi connectivity index (χ1v) is 7.72. The Kier molecular flexibility index (Phi) is 5.82. The maximum Gasteiger partial charge on any atom is 0.123 e. The number of benzene rings is 1. The second-order valence-electron chi connectivity index (χ2n) is 4.66. The van der Waals surface area contributed by atoms with Crippen LogP contribution in [0.1, 0.15) is 44.9 Å². The van der Waals surface area contributed by atoms with Crippen LogP contribution < -0.4 is 10.5 Å². The van der Waals surface area contributed by atoms with E-state index in [9.17, 15) is 4.21 Å². The minimum atomic E-state index is -0.879. The van der Waals surface area contributed by atoms with Crippen molar-refractivity contribution in [2.45, 2.75) is 44.7 Å². The molecule has 18 heavy (non-hydrogen) atoms. The SMILES string of the molecule is CCOc1ccc(C(C)N)cc1CS(=O)C(C)C. The van der Waals surface area contributed by atoms with Crippen molar-refractivity contribution in [2.75, 3.05) is 6.61 Å². The summed E-state index contributed by atoms with van der Waals surface area (Å²) < 4.78 is 17.6. The van der Waals surface area contributed by atoms with Crippen LogP contribution in [0.15, 0.2) is 18.2 Å². The lowest BCUT2D eigenvalue weighted by Gasteiger charge is -2.14. The standard InChI is InChI=1S/C14H23NO2S/c1-5-17-14-7-6-12(11(4)15)8-13(14)9-18(16)10(2)3/h6-8,10-11H,5,9,15H2,1-4H3. The van der Waals surface area contributed by atoms with E-state index >= 15 is 0 Å². The summed E-state index contributed by atoms with van der Waals surface area (Å²) in [4.78, 5) is 0. The Morgan fingerprint density at radius 2 is 2.00 bits per heavy atom. The van der Waals surface area contributed by atoms with Crippen LogP contribution in [-0.4, -0.2) is 16.1 Å². The molecule has 0 saturated heterocycles. The van der Waals surface area contributed by atoms with Crippen LogP contribution in [0.4, 0.5) is 0 Å². The third-order valence-corrected chi connectivity index (χ3v) is 4.38. The molecule has 0 amide bonds. The quantitative estimate of drug-likeness (QED) is 0.864. The van der Waals surface area contributed by atoms with Crippen molar-refractivity contribution in [3.8, 4) is 5.75 Å². The van der Waals surface area contributed by atoms with E-state index in [-0.39, 0.29) is 11.3 Å². The van der Waals surface area contributed by atoms with Gasteiger partial charge in [0.1, 0.15) is 5.75 Å². The highest BCUT2D eigenvalue weighted by Crippen LogP contribution is 2.25. The summed E-state index contributed by atoms with van der Waals surface area (Å²) in [6.07, 6.45) is 0. The Balaban J connectivity index is 3.03. The predicted molar refractivity (Wildman–Crippen MR) is 77.2 cm³/mol. The van der Waals surface area contributed by atoms with Gasteiger partial charge in [0.2, 0.25) is 0 Å². The summed E-state index contributed by atoms with van der Waals surface area (Å²) in [6.45, 7) is 8.43. The Morgan fingerprint density at radius 3 is 2.50 bits per heavy atom. The lowest BCUT2D eigenvalue weighted by molar-refractivity contribution is 0.337. The lowest BCUT2D eigenvalue weighted by atomic mass is 10.1. The molecular formula is C14H23NO2S. The smallest absolute Gasteiger partial charge is 0.123 e. The Hall–Kier alpha value is -0.870. The van der Waals surface area contributed by atoms with Gasteiger partial charge in [-0.25, -0.2) is 0 Å². The molecule has 0 bridgehead atoms. The van der Waals surface area contributed by atoms with Gasteiger partial charge in [0.05, 0.1) is 12.4 Å². The zero-order valence-corrected chi connectivity index (χ0v) is 12.4. The van der Waals surface area contributed by atoms with Crippen LogP contribution >= 0.6 is 0 Å². The van der Waals surface area contributed by atoms with Gasteiger partial charge in [-0.1, -0.05) is 19.9 Å². The highest BCUT2D eigenvalue weighted by atomic mass is 32.2. The van der Waals surface area contributed by atoms with Crippen LogP contribution in [0.25, 0.3) is 0 Å². The maximum absolute atomic E-state index is 12.0. The minimum Gasteiger partial charge on any atom is -0.494 e. The molecule has 0 spiro atoms. The van der Waals surface area contributed by atoms with Gasteiger partial charge in [-0.2, -0.15) is 0 Å². The highest BCUT2D eigenvalue weighted by Gasteiger charge is 2.12. The zero-order chi connectivity index (χ0) is 13.7. The molecule has 2 atom stereocenters. The third-order valence-electron chi connectivity index (χ3n) is 2.73. The summed E-state index contributed by atoms with van der Waals surface area (Å²) >= 11 is 0. The van der Waals surface area contributed by atoms with Crippen molar-refractivity contribution < 1.29 is 8.95 Å². The molecule has 102 valence electrons. The molecule has 1 rings (SSSR count). The molecule has 0 aromatic heterocycles. The van der Waals surface area contributed by atoms with E-state index in [1.165, 1.54) is 0 Å². The Bertz CT molecular complexity index is 416.